The number of aryl methyl sites for hydroxylation is 1. The van der Waals surface area contributed by atoms with E-state index in [0.29, 0.717) is 11.3 Å². The first-order chi connectivity index (χ1) is 16.2. The monoisotopic (exact) mass is 491 g/mol. The Morgan fingerprint density at radius 2 is 1.82 bits per heavy atom. The van der Waals surface area contributed by atoms with Crippen LogP contribution >= 0.6 is 11.8 Å². The van der Waals surface area contributed by atoms with Gasteiger partial charge in [-0.2, -0.15) is 24.9 Å². The summed E-state index contributed by atoms with van der Waals surface area (Å²) in [6, 6.07) is 10.9. The van der Waals surface area contributed by atoms with Crippen LogP contribution in [-0.2, 0) is 28.9 Å². The molecule has 2 aliphatic rings. The van der Waals surface area contributed by atoms with Crippen molar-refractivity contribution in [2.75, 3.05) is 36.5 Å². The summed E-state index contributed by atoms with van der Waals surface area (Å²) >= 11 is 1.97. The lowest BCUT2D eigenvalue weighted by atomic mass is 10.1. The van der Waals surface area contributed by atoms with Gasteiger partial charge in [-0.25, -0.2) is 0 Å². The minimum Gasteiger partial charge on any atom is -0.338 e. The van der Waals surface area contributed by atoms with E-state index in [1.165, 1.54) is 16.5 Å². The fraction of sp³-hybridized carbons (Fsp3) is 0.440. The third-order valence-electron chi connectivity index (χ3n) is 6.27. The van der Waals surface area contributed by atoms with Crippen molar-refractivity contribution in [3.63, 3.8) is 0 Å². The third kappa shape index (κ3) is 6.13. The van der Waals surface area contributed by atoms with E-state index in [4.69, 9.17) is 0 Å². The van der Waals surface area contributed by atoms with Crippen LogP contribution in [-0.4, -0.2) is 52.8 Å². The molecular formula is C25H28F3N3O2S. The highest BCUT2D eigenvalue weighted by molar-refractivity contribution is 7.99. The summed E-state index contributed by atoms with van der Waals surface area (Å²) in [6.07, 6.45) is -4.39. The topological polar surface area (TPSA) is 52.7 Å². The summed E-state index contributed by atoms with van der Waals surface area (Å²) < 4.78 is 38.9. The SMILES string of the molecule is Cc1cc(CN2CCSCC2)ccc1NC(=O)C1CC(=O)N(Cc2cccc(C(F)(F)F)c2)C1. The molecular weight excluding hydrogens is 463 g/mol. The van der Waals surface area contributed by atoms with Crippen LogP contribution in [0.3, 0.4) is 0 Å². The zero-order valence-electron chi connectivity index (χ0n) is 19.0. The number of hydrogen-bond donors (Lipinski definition) is 1. The Balaban J connectivity index is 1.34. The number of rotatable bonds is 6. The van der Waals surface area contributed by atoms with Crippen LogP contribution in [0.4, 0.5) is 18.9 Å². The molecule has 2 amide bonds. The van der Waals surface area contributed by atoms with Gasteiger partial charge in [-0.15, -0.1) is 0 Å². The molecule has 1 atom stereocenters. The molecule has 34 heavy (non-hydrogen) atoms. The zero-order valence-corrected chi connectivity index (χ0v) is 19.8. The van der Waals surface area contributed by atoms with Crippen molar-refractivity contribution in [2.24, 2.45) is 5.92 Å². The molecule has 4 rings (SSSR count). The normalized spacial score (nSPS) is 19.5. The van der Waals surface area contributed by atoms with Crippen molar-refractivity contribution < 1.29 is 22.8 Å². The molecule has 2 fully saturated rings. The molecule has 1 N–H and O–H groups in total. The van der Waals surface area contributed by atoms with Crippen LogP contribution in [0.2, 0.25) is 0 Å². The van der Waals surface area contributed by atoms with Crippen LogP contribution in [0, 0.1) is 12.8 Å². The van der Waals surface area contributed by atoms with E-state index in [2.05, 4.69) is 16.3 Å². The van der Waals surface area contributed by atoms with Crippen molar-refractivity contribution >= 4 is 29.3 Å². The molecule has 0 radical (unpaired) electrons. The molecule has 2 aliphatic heterocycles. The number of nitrogens with zero attached hydrogens (tertiary/aromatic N) is 2. The van der Waals surface area contributed by atoms with Gasteiger partial charge in [0.05, 0.1) is 11.5 Å². The number of carbonyl (C=O) groups is 2. The molecule has 0 saturated carbocycles. The fourth-order valence-electron chi connectivity index (χ4n) is 4.38. The lowest BCUT2D eigenvalue weighted by molar-refractivity contribution is -0.137. The number of benzene rings is 2. The maximum absolute atomic E-state index is 13.0. The largest absolute Gasteiger partial charge is 0.416 e. The number of alkyl halides is 3. The Labute approximate surface area is 201 Å². The predicted molar refractivity (Wildman–Crippen MR) is 127 cm³/mol. The molecule has 1 unspecified atom stereocenters. The highest BCUT2D eigenvalue weighted by atomic mass is 32.2. The van der Waals surface area contributed by atoms with Gasteiger partial charge in [0, 0.05) is 56.3 Å². The lowest BCUT2D eigenvalue weighted by Crippen LogP contribution is -2.32. The summed E-state index contributed by atoms with van der Waals surface area (Å²) in [7, 11) is 0. The van der Waals surface area contributed by atoms with E-state index in [9.17, 15) is 22.8 Å². The van der Waals surface area contributed by atoms with E-state index in [1.54, 1.807) is 6.07 Å². The van der Waals surface area contributed by atoms with E-state index in [1.807, 2.05) is 30.8 Å². The first kappa shape index (κ1) is 24.6. The van der Waals surface area contributed by atoms with Crippen LogP contribution in [0.5, 0.6) is 0 Å². The Morgan fingerprint density at radius 1 is 1.09 bits per heavy atom. The van der Waals surface area contributed by atoms with Gasteiger partial charge < -0.3 is 10.2 Å². The lowest BCUT2D eigenvalue weighted by Gasteiger charge is -2.26. The number of carbonyl (C=O) groups excluding carboxylic acids is 2. The summed E-state index contributed by atoms with van der Waals surface area (Å²) in [4.78, 5) is 29.2. The van der Waals surface area contributed by atoms with Gasteiger partial charge in [-0.05, 0) is 41.8 Å². The van der Waals surface area contributed by atoms with Gasteiger partial charge in [0.25, 0.3) is 0 Å². The smallest absolute Gasteiger partial charge is 0.338 e. The molecule has 0 aromatic heterocycles. The van der Waals surface area contributed by atoms with Gasteiger partial charge >= 0.3 is 6.18 Å². The number of hydrogen-bond acceptors (Lipinski definition) is 4. The van der Waals surface area contributed by atoms with E-state index in [0.717, 1.165) is 48.8 Å². The van der Waals surface area contributed by atoms with Crippen molar-refractivity contribution in [2.45, 2.75) is 32.6 Å². The Bertz CT molecular complexity index is 1050. The molecule has 0 bridgehead atoms. The zero-order chi connectivity index (χ0) is 24.3. The summed E-state index contributed by atoms with van der Waals surface area (Å²) in [6.45, 7) is 5.23. The molecule has 2 heterocycles. The highest BCUT2D eigenvalue weighted by Gasteiger charge is 2.35. The van der Waals surface area contributed by atoms with Crippen LogP contribution in [0.1, 0.15) is 28.7 Å². The van der Waals surface area contributed by atoms with Crippen LogP contribution in [0.25, 0.3) is 0 Å². The molecule has 2 aromatic carbocycles. The van der Waals surface area contributed by atoms with Gasteiger partial charge in [0.2, 0.25) is 11.8 Å². The summed E-state index contributed by atoms with van der Waals surface area (Å²) in [5.41, 5.74) is 2.52. The van der Waals surface area contributed by atoms with Crippen LogP contribution < -0.4 is 5.32 Å². The number of likely N-dealkylation sites (tertiary alicyclic amines) is 1. The predicted octanol–water partition coefficient (Wildman–Crippen LogP) is 4.55. The van der Waals surface area contributed by atoms with E-state index >= 15 is 0 Å². The summed E-state index contributed by atoms with van der Waals surface area (Å²) in [5.74, 6) is 1.28. The quantitative estimate of drug-likeness (QED) is 0.644. The van der Waals surface area contributed by atoms with Crippen molar-refractivity contribution in [1.82, 2.24) is 9.80 Å². The van der Waals surface area contributed by atoms with Crippen molar-refractivity contribution in [1.29, 1.82) is 0 Å². The number of nitrogens with one attached hydrogen (secondary N) is 1. The maximum atomic E-state index is 13.0. The number of halogens is 3. The minimum absolute atomic E-state index is 0.0505. The maximum Gasteiger partial charge on any atom is 0.416 e. The number of thioether (sulfide) groups is 1. The Hall–Kier alpha value is -2.52. The van der Waals surface area contributed by atoms with E-state index in [-0.39, 0.29) is 31.3 Å². The molecule has 2 saturated heterocycles. The summed E-state index contributed by atoms with van der Waals surface area (Å²) in [5, 5.41) is 2.93. The highest BCUT2D eigenvalue weighted by Crippen LogP contribution is 2.30. The van der Waals surface area contributed by atoms with Crippen LogP contribution in [0.15, 0.2) is 42.5 Å². The molecule has 0 aliphatic carbocycles. The van der Waals surface area contributed by atoms with Crippen molar-refractivity contribution in [3.8, 4) is 0 Å². The van der Waals surface area contributed by atoms with Gasteiger partial charge in [0.1, 0.15) is 0 Å². The molecule has 5 nitrogen and oxygen atoms in total. The molecule has 182 valence electrons. The minimum atomic E-state index is -4.44. The first-order valence-corrected chi connectivity index (χ1v) is 12.5. The Kier molecular flexibility index (Phi) is 7.52. The fourth-order valence-corrected chi connectivity index (χ4v) is 5.36. The number of amides is 2. The molecule has 9 heteroatoms. The van der Waals surface area contributed by atoms with Gasteiger partial charge in [-0.1, -0.05) is 24.3 Å². The second kappa shape index (κ2) is 10.4. The Morgan fingerprint density at radius 3 is 2.53 bits per heavy atom. The third-order valence-corrected chi connectivity index (χ3v) is 7.21. The van der Waals surface area contributed by atoms with E-state index < -0.39 is 17.7 Å². The van der Waals surface area contributed by atoms with Crippen molar-refractivity contribution in [3.05, 3.63) is 64.7 Å². The standard InChI is InChI=1S/C25H28F3N3O2S/c1-17-11-19(14-30-7-9-34-10-8-30)5-6-22(17)29-24(33)20-13-23(32)31(16-20)15-18-3-2-4-21(12-18)25(26,27)28/h2-6,11-12,20H,7-10,13-16H2,1H3,(H,29,33). The molecule has 0 spiro atoms. The average Bonchev–Trinajstić information content (AvgIpc) is 3.16. The van der Waals surface area contributed by atoms with Gasteiger partial charge in [0.15, 0.2) is 0 Å². The molecule has 2 aromatic rings. The second-order valence-electron chi connectivity index (χ2n) is 8.90. The first-order valence-electron chi connectivity index (χ1n) is 11.3. The number of anilines is 1. The van der Waals surface area contributed by atoms with Gasteiger partial charge in [-0.3, -0.25) is 14.5 Å². The average molecular weight is 492 g/mol. The second-order valence-corrected chi connectivity index (χ2v) is 10.1.